The van der Waals surface area contributed by atoms with Gasteiger partial charge in [-0.3, -0.25) is 9.79 Å². The van der Waals surface area contributed by atoms with E-state index in [2.05, 4.69) is 32.9 Å². The Balaban J connectivity index is 2.31. The molecule has 1 aromatic rings. The number of carbonyl (C=O) groups is 1. The molecule has 22 heavy (non-hydrogen) atoms. The third-order valence-electron chi connectivity index (χ3n) is 3.30. The van der Waals surface area contributed by atoms with Crippen LogP contribution in [0.5, 0.6) is 0 Å². The number of nitrogens with one attached hydrogen (secondary N) is 3. The molecule has 6 nitrogen and oxygen atoms in total. The van der Waals surface area contributed by atoms with Crippen molar-refractivity contribution in [1.29, 1.82) is 0 Å². The highest BCUT2D eigenvalue weighted by atomic mass is 32.1. The molecule has 1 rings (SSSR count). The van der Waals surface area contributed by atoms with Gasteiger partial charge in [-0.15, -0.1) is 11.3 Å². The van der Waals surface area contributed by atoms with E-state index >= 15 is 0 Å². The van der Waals surface area contributed by atoms with Gasteiger partial charge in [0.15, 0.2) is 5.96 Å². The molecule has 0 saturated heterocycles. The van der Waals surface area contributed by atoms with Gasteiger partial charge in [0.25, 0.3) is 0 Å². The van der Waals surface area contributed by atoms with Crippen LogP contribution in [0.15, 0.2) is 4.99 Å². The van der Waals surface area contributed by atoms with Crippen molar-refractivity contribution < 1.29 is 4.79 Å². The van der Waals surface area contributed by atoms with Crippen molar-refractivity contribution in [3.63, 3.8) is 0 Å². The van der Waals surface area contributed by atoms with Crippen LogP contribution in [0, 0.1) is 13.8 Å². The summed E-state index contributed by atoms with van der Waals surface area (Å²) >= 11 is 1.68. The second kappa shape index (κ2) is 9.40. The number of aryl methyl sites for hydroxylation is 2. The maximum atomic E-state index is 11.7. The van der Waals surface area contributed by atoms with E-state index < -0.39 is 0 Å². The van der Waals surface area contributed by atoms with E-state index in [1.165, 1.54) is 4.88 Å². The third-order valence-corrected chi connectivity index (χ3v) is 4.38. The van der Waals surface area contributed by atoms with Crippen molar-refractivity contribution in [2.24, 2.45) is 4.99 Å². The smallest absolute Gasteiger partial charge is 0.221 e. The predicted molar refractivity (Wildman–Crippen MR) is 92.3 cm³/mol. The number of guanidine groups is 1. The van der Waals surface area contributed by atoms with Crippen LogP contribution < -0.4 is 16.0 Å². The fourth-order valence-electron chi connectivity index (χ4n) is 1.87. The van der Waals surface area contributed by atoms with Crippen molar-refractivity contribution in [3.8, 4) is 0 Å². The maximum absolute atomic E-state index is 11.7. The topological polar surface area (TPSA) is 78.4 Å². The molecule has 0 saturated carbocycles. The van der Waals surface area contributed by atoms with Gasteiger partial charge in [0.05, 0.1) is 17.2 Å². The minimum absolute atomic E-state index is 0.0613. The lowest BCUT2D eigenvalue weighted by molar-refractivity contribution is -0.121. The van der Waals surface area contributed by atoms with E-state index in [1.54, 1.807) is 18.4 Å². The molecule has 1 unspecified atom stereocenters. The second-order valence-corrected chi connectivity index (χ2v) is 6.51. The summed E-state index contributed by atoms with van der Waals surface area (Å²) in [5, 5.41) is 10.4. The van der Waals surface area contributed by atoms with Crippen LogP contribution in [-0.4, -0.2) is 36.5 Å². The Morgan fingerprint density at radius 3 is 2.64 bits per heavy atom. The fraction of sp³-hybridized carbons (Fsp3) is 0.667. The van der Waals surface area contributed by atoms with Crippen molar-refractivity contribution in [1.82, 2.24) is 20.9 Å². The number of hydrogen-bond donors (Lipinski definition) is 3. The average Bonchev–Trinajstić information content (AvgIpc) is 2.80. The predicted octanol–water partition coefficient (Wildman–Crippen LogP) is 1.73. The maximum Gasteiger partial charge on any atom is 0.221 e. The lowest BCUT2D eigenvalue weighted by atomic mass is 10.2. The number of aliphatic imine (C=N–C) groups is 1. The molecule has 0 aliphatic carbocycles. The van der Waals surface area contributed by atoms with E-state index in [4.69, 9.17) is 0 Å². The van der Waals surface area contributed by atoms with Gasteiger partial charge >= 0.3 is 0 Å². The number of amides is 1. The molecule has 124 valence electrons. The van der Waals surface area contributed by atoms with Gasteiger partial charge in [-0.1, -0.05) is 6.92 Å². The highest BCUT2D eigenvalue weighted by Crippen LogP contribution is 2.16. The van der Waals surface area contributed by atoms with E-state index in [-0.39, 0.29) is 11.9 Å². The van der Waals surface area contributed by atoms with Crippen LogP contribution in [0.25, 0.3) is 0 Å². The lowest BCUT2D eigenvalue weighted by Crippen LogP contribution is -2.40. The van der Waals surface area contributed by atoms with Crippen LogP contribution in [0.4, 0.5) is 0 Å². The molecule has 0 aromatic carbocycles. The summed E-state index contributed by atoms with van der Waals surface area (Å²) in [6.45, 7) is 9.32. The molecule has 1 heterocycles. The molecule has 0 aliphatic heterocycles. The Morgan fingerprint density at radius 1 is 1.36 bits per heavy atom. The number of rotatable bonds is 7. The van der Waals surface area contributed by atoms with E-state index in [0.29, 0.717) is 25.5 Å². The Bertz CT molecular complexity index is 512. The van der Waals surface area contributed by atoms with Gasteiger partial charge < -0.3 is 16.0 Å². The Hall–Kier alpha value is -1.63. The Morgan fingerprint density at radius 2 is 2.09 bits per heavy atom. The van der Waals surface area contributed by atoms with Crippen molar-refractivity contribution in [3.05, 3.63) is 15.6 Å². The largest absolute Gasteiger partial charge is 0.356 e. The molecule has 3 N–H and O–H groups in total. The number of thiazole rings is 1. The van der Waals surface area contributed by atoms with Crippen LogP contribution >= 0.6 is 11.3 Å². The van der Waals surface area contributed by atoms with Gasteiger partial charge in [-0.25, -0.2) is 4.98 Å². The first kappa shape index (κ1) is 18.4. The lowest BCUT2D eigenvalue weighted by Gasteiger charge is -2.13. The molecule has 7 heteroatoms. The summed E-state index contributed by atoms with van der Waals surface area (Å²) in [4.78, 5) is 21.5. The van der Waals surface area contributed by atoms with Gasteiger partial charge in [0.1, 0.15) is 0 Å². The monoisotopic (exact) mass is 325 g/mol. The molecule has 0 fully saturated rings. The minimum Gasteiger partial charge on any atom is -0.356 e. The zero-order chi connectivity index (χ0) is 16.5. The molecule has 0 radical (unpaired) electrons. The van der Waals surface area contributed by atoms with Crippen LogP contribution in [0.2, 0.25) is 0 Å². The summed E-state index contributed by atoms with van der Waals surface area (Å²) in [6.07, 6.45) is 1.37. The first-order valence-corrected chi connectivity index (χ1v) is 8.44. The molecule has 1 atom stereocenters. The number of carbonyl (C=O) groups excluding carboxylic acids is 1. The minimum atomic E-state index is 0.0613. The quantitative estimate of drug-likeness (QED) is 0.527. The number of nitrogens with zero attached hydrogens (tertiary/aromatic N) is 2. The van der Waals surface area contributed by atoms with Crippen LogP contribution in [-0.2, 0) is 11.3 Å². The molecule has 0 bridgehead atoms. The molecular formula is C15H27N5OS. The van der Waals surface area contributed by atoms with Crippen molar-refractivity contribution in [2.75, 3.05) is 13.6 Å². The third kappa shape index (κ3) is 6.43. The summed E-state index contributed by atoms with van der Waals surface area (Å²) in [5.41, 5.74) is 1.05. The second-order valence-electron chi connectivity index (χ2n) is 5.22. The first-order valence-electron chi connectivity index (χ1n) is 7.63. The van der Waals surface area contributed by atoms with E-state index in [1.807, 2.05) is 20.8 Å². The molecule has 1 amide bonds. The molecule has 1 aromatic heterocycles. The van der Waals surface area contributed by atoms with Crippen molar-refractivity contribution >= 4 is 23.2 Å². The standard InChI is InChI=1S/C15H27N5OS/c1-6-10(2)19-14(21)7-8-17-15(16-5)18-9-13-11(3)20-12(4)22-13/h10H,6-9H2,1-5H3,(H,19,21)(H2,16,17,18). The van der Waals surface area contributed by atoms with Crippen LogP contribution in [0.1, 0.15) is 42.3 Å². The fourth-order valence-corrected chi connectivity index (χ4v) is 2.74. The van der Waals surface area contributed by atoms with E-state index in [0.717, 1.165) is 17.1 Å². The first-order chi connectivity index (χ1) is 10.5. The highest BCUT2D eigenvalue weighted by molar-refractivity contribution is 7.11. The SMILES string of the molecule is CCC(C)NC(=O)CCNC(=NC)NCc1sc(C)nc1C. The highest BCUT2D eigenvalue weighted by Gasteiger charge is 2.07. The van der Waals surface area contributed by atoms with Gasteiger partial charge in [0.2, 0.25) is 5.91 Å². The Kier molecular flexibility index (Phi) is 7.87. The molecular weight excluding hydrogens is 298 g/mol. The summed E-state index contributed by atoms with van der Waals surface area (Å²) in [6, 6.07) is 0.225. The van der Waals surface area contributed by atoms with Gasteiger partial charge in [0, 0.05) is 30.9 Å². The average molecular weight is 325 g/mol. The zero-order valence-electron chi connectivity index (χ0n) is 14.1. The van der Waals surface area contributed by atoms with Crippen LogP contribution in [0.3, 0.4) is 0 Å². The number of hydrogen-bond acceptors (Lipinski definition) is 4. The van der Waals surface area contributed by atoms with Gasteiger partial charge in [-0.05, 0) is 27.2 Å². The summed E-state index contributed by atoms with van der Waals surface area (Å²) in [7, 11) is 1.72. The zero-order valence-corrected chi connectivity index (χ0v) is 14.9. The molecule has 0 aliphatic rings. The Labute approximate surface area is 136 Å². The normalized spacial score (nSPS) is 12.9. The summed E-state index contributed by atoms with van der Waals surface area (Å²) < 4.78 is 0. The summed E-state index contributed by atoms with van der Waals surface area (Å²) in [5.74, 6) is 0.757. The van der Waals surface area contributed by atoms with E-state index in [9.17, 15) is 4.79 Å². The molecule has 0 spiro atoms. The van der Waals surface area contributed by atoms with Crippen molar-refractivity contribution in [2.45, 2.75) is 53.1 Å². The van der Waals surface area contributed by atoms with Gasteiger partial charge in [-0.2, -0.15) is 0 Å². The number of aromatic nitrogens is 1.